The van der Waals surface area contributed by atoms with Crippen LogP contribution in [-0.2, 0) is 0 Å². The van der Waals surface area contributed by atoms with E-state index in [1.54, 1.807) is 48.5 Å². The molecule has 5 aromatic carbocycles. The van der Waals surface area contributed by atoms with E-state index >= 15 is 0 Å². The lowest BCUT2D eigenvalue weighted by atomic mass is 10.1. The van der Waals surface area contributed by atoms with Crippen LogP contribution in [0.3, 0.4) is 0 Å². The van der Waals surface area contributed by atoms with Gasteiger partial charge in [0.1, 0.15) is 40.1 Å². The molecule has 0 aliphatic heterocycles. The smallest absolute Gasteiger partial charge is 0.347 e. The minimum atomic E-state index is -0.683. The summed E-state index contributed by atoms with van der Waals surface area (Å²) < 4.78 is 21.3. The molecule has 0 heterocycles. The molecule has 0 aromatic heterocycles. The Hall–Kier alpha value is -6.09. The van der Waals surface area contributed by atoms with Crippen molar-refractivity contribution in [2.75, 3.05) is 7.11 Å². The SMILES string of the molecule is COc1cc(O)ccc1C(=O)Oc1ccc(C(=O)Oc2ccc(-c3ccc(OC(=O)c4ccc(O)cc4)cc3)cc2)cc1. The van der Waals surface area contributed by atoms with Gasteiger partial charge in [0.2, 0.25) is 0 Å². The van der Waals surface area contributed by atoms with Gasteiger partial charge >= 0.3 is 17.9 Å². The molecule has 0 fully saturated rings. The Bertz CT molecular complexity index is 1760. The molecule has 43 heavy (non-hydrogen) atoms. The number of carbonyl (C=O) groups is 3. The molecule has 0 atom stereocenters. The fraction of sp³-hybridized carbons (Fsp3) is 0.0294. The highest BCUT2D eigenvalue weighted by atomic mass is 16.5. The molecular weight excluding hydrogens is 552 g/mol. The van der Waals surface area contributed by atoms with Crippen LogP contribution in [0.1, 0.15) is 31.1 Å². The van der Waals surface area contributed by atoms with Gasteiger partial charge in [-0.3, -0.25) is 0 Å². The number of aromatic hydroxyl groups is 2. The van der Waals surface area contributed by atoms with Crippen molar-refractivity contribution < 1.29 is 43.5 Å². The molecule has 214 valence electrons. The van der Waals surface area contributed by atoms with Gasteiger partial charge in [0.25, 0.3) is 0 Å². The monoisotopic (exact) mass is 576 g/mol. The molecule has 0 bridgehead atoms. The van der Waals surface area contributed by atoms with E-state index in [2.05, 4.69) is 0 Å². The highest BCUT2D eigenvalue weighted by Gasteiger charge is 2.16. The third-order valence-corrected chi connectivity index (χ3v) is 6.27. The van der Waals surface area contributed by atoms with Crippen molar-refractivity contribution in [3.05, 3.63) is 132 Å². The van der Waals surface area contributed by atoms with Gasteiger partial charge in [0, 0.05) is 6.07 Å². The maximum Gasteiger partial charge on any atom is 0.347 e. The number of carbonyl (C=O) groups excluding carboxylic acids is 3. The number of rotatable bonds is 8. The fourth-order valence-electron chi connectivity index (χ4n) is 4.03. The quantitative estimate of drug-likeness (QED) is 0.159. The molecule has 0 saturated carbocycles. The average Bonchev–Trinajstić information content (AvgIpc) is 3.02. The van der Waals surface area contributed by atoms with E-state index in [4.69, 9.17) is 18.9 Å². The van der Waals surface area contributed by atoms with Crippen LogP contribution in [0.4, 0.5) is 0 Å². The second-order valence-electron chi connectivity index (χ2n) is 9.17. The molecule has 2 N–H and O–H groups in total. The summed E-state index contributed by atoms with van der Waals surface area (Å²) in [5, 5.41) is 18.9. The van der Waals surface area contributed by atoms with Crippen molar-refractivity contribution in [3.63, 3.8) is 0 Å². The van der Waals surface area contributed by atoms with E-state index in [1.165, 1.54) is 73.8 Å². The molecule has 9 nitrogen and oxygen atoms in total. The van der Waals surface area contributed by atoms with Crippen molar-refractivity contribution in [1.29, 1.82) is 0 Å². The van der Waals surface area contributed by atoms with Crippen molar-refractivity contribution in [2.24, 2.45) is 0 Å². The first-order chi connectivity index (χ1) is 20.8. The van der Waals surface area contributed by atoms with Crippen molar-refractivity contribution >= 4 is 17.9 Å². The lowest BCUT2D eigenvalue weighted by Gasteiger charge is -2.10. The number of phenolic OH excluding ortho intramolecular Hbond substituents is 2. The Morgan fingerprint density at radius 1 is 0.488 bits per heavy atom. The summed E-state index contributed by atoms with van der Waals surface area (Å²) in [7, 11) is 1.37. The summed E-state index contributed by atoms with van der Waals surface area (Å²) in [6.07, 6.45) is 0. The van der Waals surface area contributed by atoms with Crippen molar-refractivity contribution in [1.82, 2.24) is 0 Å². The molecule has 5 aromatic rings. The summed E-state index contributed by atoms with van der Waals surface area (Å²) in [4.78, 5) is 37.5. The molecule has 0 saturated heterocycles. The van der Waals surface area contributed by atoms with Crippen LogP contribution in [0.25, 0.3) is 11.1 Å². The lowest BCUT2D eigenvalue weighted by molar-refractivity contribution is 0.0722. The lowest BCUT2D eigenvalue weighted by Crippen LogP contribution is -2.11. The zero-order valence-corrected chi connectivity index (χ0v) is 22.7. The normalized spacial score (nSPS) is 10.4. The zero-order valence-electron chi connectivity index (χ0n) is 22.7. The number of hydrogen-bond acceptors (Lipinski definition) is 9. The number of benzene rings is 5. The van der Waals surface area contributed by atoms with Crippen molar-refractivity contribution in [2.45, 2.75) is 0 Å². The molecule has 5 rings (SSSR count). The summed E-state index contributed by atoms with van der Waals surface area (Å²) in [6, 6.07) is 29.5. The molecule has 0 unspecified atom stereocenters. The van der Waals surface area contributed by atoms with Gasteiger partial charge in [-0.2, -0.15) is 0 Å². The van der Waals surface area contributed by atoms with Crippen LogP contribution in [0.2, 0.25) is 0 Å². The Labute approximate surface area is 246 Å². The Morgan fingerprint density at radius 3 is 1.35 bits per heavy atom. The van der Waals surface area contributed by atoms with E-state index in [-0.39, 0.29) is 34.1 Å². The molecule has 0 aliphatic carbocycles. The Kier molecular flexibility index (Phi) is 8.34. The first-order valence-corrected chi connectivity index (χ1v) is 12.9. The van der Waals surface area contributed by atoms with Gasteiger partial charge < -0.3 is 29.2 Å². The van der Waals surface area contributed by atoms with Crippen LogP contribution in [0.15, 0.2) is 115 Å². The summed E-state index contributed by atoms with van der Waals surface area (Å²) >= 11 is 0. The largest absolute Gasteiger partial charge is 0.508 e. The standard InChI is InChI=1S/C34H24O9/c1-40-31-20-26(36)12-19-30(31)34(39)43-29-17-8-24(9-18-29)33(38)42-28-15-6-22(7-16-28)21-4-13-27(14-5-21)41-32(37)23-2-10-25(35)11-3-23/h2-20,35-36H,1H3. The molecule has 0 radical (unpaired) electrons. The van der Waals surface area contributed by atoms with E-state index in [9.17, 15) is 24.6 Å². The average molecular weight is 577 g/mol. The van der Waals surface area contributed by atoms with Gasteiger partial charge in [-0.25, -0.2) is 14.4 Å². The molecule has 0 amide bonds. The molecule has 0 aliphatic rings. The second kappa shape index (κ2) is 12.6. The fourth-order valence-corrected chi connectivity index (χ4v) is 4.03. The zero-order chi connectivity index (χ0) is 30.3. The number of phenols is 2. The Morgan fingerprint density at radius 2 is 0.884 bits per heavy atom. The van der Waals surface area contributed by atoms with E-state index in [0.29, 0.717) is 17.1 Å². The van der Waals surface area contributed by atoms with Crippen LogP contribution in [0, 0.1) is 0 Å². The predicted octanol–water partition coefficient (Wildman–Crippen LogP) is 6.43. The minimum Gasteiger partial charge on any atom is -0.508 e. The van der Waals surface area contributed by atoms with Gasteiger partial charge in [-0.15, -0.1) is 0 Å². The number of ether oxygens (including phenoxy) is 4. The highest BCUT2D eigenvalue weighted by molar-refractivity contribution is 5.95. The molecule has 9 heteroatoms. The van der Waals surface area contributed by atoms with Crippen LogP contribution >= 0.6 is 0 Å². The van der Waals surface area contributed by atoms with Gasteiger partial charge in [0.15, 0.2) is 0 Å². The summed E-state index contributed by atoms with van der Waals surface area (Å²) in [5.41, 5.74) is 2.42. The predicted molar refractivity (Wildman–Crippen MR) is 156 cm³/mol. The second-order valence-corrected chi connectivity index (χ2v) is 9.17. The van der Waals surface area contributed by atoms with Crippen LogP contribution < -0.4 is 18.9 Å². The van der Waals surface area contributed by atoms with Gasteiger partial charge in [-0.1, -0.05) is 24.3 Å². The number of esters is 3. The third kappa shape index (κ3) is 6.98. The van der Waals surface area contributed by atoms with Crippen molar-refractivity contribution in [3.8, 4) is 45.6 Å². The van der Waals surface area contributed by atoms with E-state index in [1.807, 2.05) is 0 Å². The molecule has 0 spiro atoms. The topological polar surface area (TPSA) is 129 Å². The number of hydrogen-bond donors (Lipinski definition) is 2. The first kappa shape index (κ1) is 28.4. The highest BCUT2D eigenvalue weighted by Crippen LogP contribution is 2.27. The Balaban J connectivity index is 1.16. The van der Waals surface area contributed by atoms with Gasteiger partial charge in [-0.05, 0) is 96.1 Å². The van der Waals surface area contributed by atoms with Crippen LogP contribution in [-0.4, -0.2) is 35.2 Å². The summed E-state index contributed by atoms with van der Waals surface area (Å²) in [5.74, 6) is -0.718. The van der Waals surface area contributed by atoms with E-state index < -0.39 is 17.9 Å². The first-order valence-electron chi connectivity index (χ1n) is 12.9. The maximum atomic E-state index is 12.7. The minimum absolute atomic E-state index is 0.0485. The molecular formula is C34H24O9. The van der Waals surface area contributed by atoms with Crippen LogP contribution in [0.5, 0.6) is 34.5 Å². The summed E-state index contributed by atoms with van der Waals surface area (Å²) in [6.45, 7) is 0. The maximum absolute atomic E-state index is 12.7. The third-order valence-electron chi connectivity index (χ3n) is 6.27. The van der Waals surface area contributed by atoms with E-state index in [0.717, 1.165) is 11.1 Å². The van der Waals surface area contributed by atoms with Gasteiger partial charge in [0.05, 0.1) is 18.2 Å². The number of methoxy groups -OCH3 is 1.